The van der Waals surface area contributed by atoms with Crippen molar-refractivity contribution in [2.24, 2.45) is 40.4 Å². The summed E-state index contributed by atoms with van der Waals surface area (Å²) in [5, 5.41) is 21.2. The molecule has 5 aliphatic rings. The summed E-state index contributed by atoms with van der Waals surface area (Å²) in [4.78, 5) is 39.2. The van der Waals surface area contributed by atoms with Crippen LogP contribution >= 0.6 is 11.6 Å². The normalized spacial score (nSPS) is 43.2. The molecular weight excluding hydrogens is 593 g/mol. The number of ketones is 1. The van der Waals surface area contributed by atoms with Gasteiger partial charge < -0.3 is 36.6 Å². The van der Waals surface area contributed by atoms with Crippen LogP contribution in [0.2, 0.25) is 0 Å². The summed E-state index contributed by atoms with van der Waals surface area (Å²) < 4.78 is 12.1. The highest BCUT2D eigenvalue weighted by Crippen LogP contribution is 2.69. The quantitative estimate of drug-likeness (QED) is 0.251. The lowest BCUT2D eigenvalue weighted by Crippen LogP contribution is -3.00. The number of hydrogen-bond donors (Lipinski definition) is 2. The second kappa shape index (κ2) is 11.7. The number of hydrogen-bond acceptors (Lipinski definition) is 7. The summed E-state index contributed by atoms with van der Waals surface area (Å²) in [6, 6.07) is 0. The Balaban J connectivity index is 0.00000423. The van der Waals surface area contributed by atoms with E-state index in [0.29, 0.717) is 34.7 Å². The van der Waals surface area contributed by atoms with Crippen molar-refractivity contribution in [3.05, 3.63) is 23.3 Å². The highest BCUT2D eigenvalue weighted by molar-refractivity contribution is 6.22. The monoisotopic (exact) mass is 641 g/mol. The number of cyclic esters (lactones) is 1. The van der Waals surface area contributed by atoms with Crippen LogP contribution < -0.4 is 12.4 Å². The summed E-state index contributed by atoms with van der Waals surface area (Å²) in [5.74, 6) is -0.154. The molecule has 242 valence electrons. The number of aliphatic hydroxyl groups excluding tert-OH is 1. The van der Waals surface area contributed by atoms with Crippen molar-refractivity contribution in [1.29, 1.82) is 0 Å². The van der Waals surface area contributed by atoms with Gasteiger partial charge >= 0.3 is 11.9 Å². The summed E-state index contributed by atoms with van der Waals surface area (Å²) in [6.45, 7) is 8.14. The number of esters is 2. The van der Waals surface area contributed by atoms with Crippen molar-refractivity contribution in [3.8, 4) is 0 Å². The maximum Gasteiger partial charge on any atom is 0.362 e. The lowest BCUT2D eigenvalue weighted by atomic mass is 9.43. The topological polar surface area (TPSA) is 110 Å². The van der Waals surface area contributed by atoms with E-state index in [1.165, 1.54) is 12.2 Å². The molecule has 2 N–H and O–H groups in total. The Labute approximate surface area is 267 Å². The minimum Gasteiger partial charge on any atom is -1.00 e. The molecule has 0 bridgehead atoms. The standard InChI is InChI=1S/C33H49ClNO7.ClH/c1-18-14-25(41-30(39)21(18)17-36)19(2)22-8-9-23-20-15-26(34)33(40)28(42-29(38)16-35(5,6)7)11-10-27(37)32(33,4)24(20)12-13-31(22,23)3;/h10-11,19-20,22-26,28,36,40H,8-9,12-17H2,1-7H3;1H/q+1;/p-1/t19-,20-,22+,23-,24-,25+,26-,28-,31+,32-,33-;/m0./s1. The molecule has 0 amide bonds. The highest BCUT2D eigenvalue weighted by atomic mass is 35.5. The summed E-state index contributed by atoms with van der Waals surface area (Å²) in [7, 11) is 5.69. The first kappa shape index (κ1) is 34.4. The van der Waals surface area contributed by atoms with Crippen molar-refractivity contribution < 1.29 is 51.0 Å². The number of quaternary nitrogens is 1. The van der Waals surface area contributed by atoms with Crippen LogP contribution in [0, 0.1) is 40.4 Å². The minimum atomic E-state index is -1.70. The summed E-state index contributed by atoms with van der Waals surface area (Å²) in [6.07, 6.45) is 6.63. The van der Waals surface area contributed by atoms with Crippen LogP contribution in [0.25, 0.3) is 0 Å². The van der Waals surface area contributed by atoms with Gasteiger partial charge in [0.2, 0.25) is 0 Å². The second-order valence-corrected chi connectivity index (χ2v) is 15.9. The molecule has 0 aromatic rings. The van der Waals surface area contributed by atoms with E-state index in [2.05, 4.69) is 13.8 Å². The average molecular weight is 643 g/mol. The molecule has 0 aromatic heterocycles. The number of rotatable bonds is 6. The van der Waals surface area contributed by atoms with Crippen molar-refractivity contribution in [3.63, 3.8) is 0 Å². The molecule has 3 fully saturated rings. The zero-order valence-corrected chi connectivity index (χ0v) is 28.1. The maximum atomic E-state index is 13.8. The summed E-state index contributed by atoms with van der Waals surface area (Å²) in [5.41, 5.74) is -1.62. The van der Waals surface area contributed by atoms with Crippen molar-refractivity contribution in [1.82, 2.24) is 0 Å². The first-order valence-electron chi connectivity index (χ1n) is 15.6. The Morgan fingerprint density at radius 1 is 1.19 bits per heavy atom. The molecule has 0 unspecified atom stereocenters. The number of aliphatic hydroxyl groups is 2. The number of fused-ring (bicyclic) bond motifs is 5. The van der Waals surface area contributed by atoms with E-state index in [1.807, 2.05) is 35.0 Å². The van der Waals surface area contributed by atoms with Gasteiger partial charge in [-0.25, -0.2) is 9.59 Å². The van der Waals surface area contributed by atoms with Crippen LogP contribution in [0.1, 0.15) is 66.2 Å². The third-order valence-electron chi connectivity index (χ3n) is 12.2. The fourth-order valence-corrected chi connectivity index (χ4v) is 10.5. The van der Waals surface area contributed by atoms with Gasteiger partial charge in [-0.3, -0.25) is 4.79 Å². The first-order valence-corrected chi connectivity index (χ1v) is 16.0. The number of likely N-dealkylation sites (N-methyl/N-ethyl adjacent to an activating group) is 1. The molecule has 8 nitrogen and oxygen atoms in total. The van der Waals surface area contributed by atoms with E-state index in [0.717, 1.165) is 31.3 Å². The second-order valence-electron chi connectivity index (χ2n) is 15.3. The van der Waals surface area contributed by atoms with Crippen LogP contribution in [0.4, 0.5) is 0 Å². The SMILES string of the molecule is CC1=C(CO)C(=O)O[C@@H]([C@@H](C)[C@H]2CC[C@H]3[C@@H]4C[C@H](Cl)[C@]5(O)[C@@H](OC(=O)C[N+](C)(C)C)C=CC(=O)[C@]5(C)[C@H]4CC[C@]23C)C1.[Cl-]. The van der Waals surface area contributed by atoms with Crippen LogP contribution in [0.5, 0.6) is 0 Å². The van der Waals surface area contributed by atoms with E-state index >= 15 is 0 Å². The number of nitrogens with zero attached hydrogens (tertiary/aromatic N) is 1. The van der Waals surface area contributed by atoms with E-state index in [9.17, 15) is 24.6 Å². The van der Waals surface area contributed by atoms with Gasteiger partial charge in [-0.1, -0.05) is 19.4 Å². The number of carbonyl (C=O) groups excluding carboxylic acids is 3. The highest BCUT2D eigenvalue weighted by Gasteiger charge is 2.72. The van der Waals surface area contributed by atoms with Crippen LogP contribution in [0.3, 0.4) is 0 Å². The zero-order chi connectivity index (χ0) is 31.0. The van der Waals surface area contributed by atoms with Crippen LogP contribution in [-0.2, 0) is 23.9 Å². The molecule has 10 heteroatoms. The molecule has 11 atom stereocenters. The molecule has 0 aromatic carbocycles. The van der Waals surface area contributed by atoms with Gasteiger partial charge in [0, 0.05) is 6.42 Å². The number of ether oxygens (including phenoxy) is 2. The third-order valence-corrected chi connectivity index (χ3v) is 12.7. The molecule has 1 heterocycles. The van der Waals surface area contributed by atoms with E-state index in [-0.39, 0.29) is 60.6 Å². The molecule has 0 saturated heterocycles. The Morgan fingerprint density at radius 2 is 1.86 bits per heavy atom. The Hall–Kier alpha value is -1.45. The van der Waals surface area contributed by atoms with E-state index < -0.39 is 34.4 Å². The van der Waals surface area contributed by atoms with Gasteiger partial charge in [0.15, 0.2) is 18.4 Å². The largest absolute Gasteiger partial charge is 1.00 e. The van der Waals surface area contributed by atoms with Gasteiger partial charge in [0.05, 0.1) is 44.1 Å². The first-order chi connectivity index (χ1) is 19.5. The number of alkyl halides is 1. The Kier molecular flexibility index (Phi) is 9.39. The maximum absolute atomic E-state index is 13.8. The predicted octanol–water partition coefficient (Wildman–Crippen LogP) is 0.815. The van der Waals surface area contributed by atoms with Crippen LogP contribution in [-0.4, -0.2) is 89.9 Å². The van der Waals surface area contributed by atoms with Crippen molar-refractivity contribution in [2.45, 2.75) is 89.4 Å². The number of halogens is 2. The molecule has 0 spiro atoms. The zero-order valence-electron chi connectivity index (χ0n) is 26.6. The van der Waals surface area contributed by atoms with E-state index in [1.54, 1.807) is 0 Å². The minimum absolute atomic E-state index is 0. The number of allylic oxidation sites excluding steroid dienone is 1. The molecule has 5 rings (SSSR count). The van der Waals surface area contributed by atoms with Gasteiger partial charge in [0.1, 0.15) is 11.7 Å². The Bertz CT molecular complexity index is 1210. The number of carbonyl (C=O) groups is 3. The van der Waals surface area contributed by atoms with Gasteiger partial charge in [-0.15, -0.1) is 11.6 Å². The lowest BCUT2D eigenvalue weighted by Gasteiger charge is -2.64. The van der Waals surface area contributed by atoms with Crippen molar-refractivity contribution >= 4 is 29.3 Å². The third kappa shape index (κ3) is 5.31. The molecule has 4 aliphatic carbocycles. The molecule has 1 aliphatic heterocycles. The average Bonchev–Trinajstić information content (AvgIpc) is 3.24. The fourth-order valence-electron chi connectivity index (χ4n) is 9.92. The van der Waals surface area contributed by atoms with Gasteiger partial charge in [-0.05, 0) is 93.1 Å². The summed E-state index contributed by atoms with van der Waals surface area (Å²) >= 11 is 7.12. The Morgan fingerprint density at radius 3 is 2.47 bits per heavy atom. The predicted molar refractivity (Wildman–Crippen MR) is 158 cm³/mol. The van der Waals surface area contributed by atoms with Crippen LogP contribution in [0.15, 0.2) is 23.3 Å². The van der Waals surface area contributed by atoms with Crippen molar-refractivity contribution in [2.75, 3.05) is 34.3 Å². The van der Waals surface area contributed by atoms with Gasteiger partial charge in [-0.2, -0.15) is 0 Å². The van der Waals surface area contributed by atoms with Gasteiger partial charge in [0.25, 0.3) is 0 Å². The van der Waals surface area contributed by atoms with E-state index in [4.69, 9.17) is 21.1 Å². The smallest absolute Gasteiger partial charge is 0.362 e. The lowest BCUT2D eigenvalue weighted by molar-refractivity contribution is -0.862. The fraction of sp³-hybridized carbons (Fsp3) is 0.788. The molecule has 43 heavy (non-hydrogen) atoms. The molecule has 0 radical (unpaired) electrons. The molecule has 3 saturated carbocycles. The molecular formula is C33H49Cl2NO7.